The summed E-state index contributed by atoms with van der Waals surface area (Å²) in [5, 5.41) is 62.1. The lowest BCUT2D eigenvalue weighted by molar-refractivity contribution is -0.369. The molecule has 2 heterocycles. The molecule has 41 heavy (non-hydrogen) atoms. The predicted octanol–water partition coefficient (Wildman–Crippen LogP) is 3.00. The third-order valence-electron chi connectivity index (χ3n) is 7.53. The average molecular weight is 575 g/mol. The van der Waals surface area contributed by atoms with Crippen LogP contribution in [0.2, 0.25) is 0 Å². The van der Waals surface area contributed by atoms with Crippen LogP contribution >= 0.6 is 0 Å². The van der Waals surface area contributed by atoms with E-state index in [1.807, 2.05) is 19.1 Å². The first kappa shape index (κ1) is 32.5. The third kappa shape index (κ3) is 7.85. The predicted molar refractivity (Wildman–Crippen MR) is 151 cm³/mol. The topological polar surface area (TPSA) is 166 Å². The Morgan fingerprint density at radius 2 is 1.95 bits per heavy atom. The number of benzene rings is 1. The summed E-state index contributed by atoms with van der Waals surface area (Å²) in [5.74, 6) is -2.89. The summed E-state index contributed by atoms with van der Waals surface area (Å²) >= 11 is 0. The number of hydrogen-bond acceptors (Lipinski definition) is 10. The van der Waals surface area contributed by atoms with Crippen molar-refractivity contribution in [3.8, 4) is 11.5 Å². The minimum absolute atomic E-state index is 0.0113. The molecular formula is C31H42O10. The Kier molecular flexibility index (Phi) is 11.7. The molecule has 0 saturated carbocycles. The zero-order chi connectivity index (χ0) is 30.2. The number of aromatic hydroxyl groups is 2. The van der Waals surface area contributed by atoms with Crippen molar-refractivity contribution < 1.29 is 49.6 Å². The zero-order valence-electron chi connectivity index (χ0n) is 23.7. The normalized spacial score (nSPS) is 28.1. The van der Waals surface area contributed by atoms with Gasteiger partial charge in [-0.05, 0) is 49.3 Å². The molecule has 0 aliphatic carbocycles. The smallest absolute Gasteiger partial charge is 0.331 e. The highest BCUT2D eigenvalue weighted by Crippen LogP contribution is 2.50. The SMILES string of the molecule is CC[C@H](C)CC/C=C\C=C(\C)[C@H](O)C/C=C/C=C/C(=O)O[C@H]1[C@H](O)[C@@H](CO)O[C@]2(OCc3cc(O)cc(O)c32)[C@H]1O. The lowest BCUT2D eigenvalue weighted by atomic mass is 9.87. The zero-order valence-corrected chi connectivity index (χ0v) is 23.7. The van der Waals surface area contributed by atoms with Crippen molar-refractivity contribution in [2.24, 2.45) is 5.92 Å². The molecular weight excluding hydrogens is 532 g/mol. The van der Waals surface area contributed by atoms with Crippen LogP contribution in [0.3, 0.4) is 0 Å². The van der Waals surface area contributed by atoms with Crippen molar-refractivity contribution in [3.05, 3.63) is 71.4 Å². The summed E-state index contributed by atoms with van der Waals surface area (Å²) in [7, 11) is 0. The number of rotatable bonds is 12. The quantitative estimate of drug-likeness (QED) is 0.124. The third-order valence-corrected chi connectivity index (χ3v) is 7.53. The van der Waals surface area contributed by atoms with Crippen LogP contribution in [0.4, 0.5) is 0 Å². The summed E-state index contributed by atoms with van der Waals surface area (Å²) in [6.45, 7) is 5.40. The van der Waals surface area contributed by atoms with Crippen LogP contribution in [-0.2, 0) is 31.4 Å². The Morgan fingerprint density at radius 1 is 1.20 bits per heavy atom. The molecule has 7 atom stereocenters. The van der Waals surface area contributed by atoms with Gasteiger partial charge in [0.2, 0.25) is 5.79 Å². The highest BCUT2D eigenvalue weighted by Gasteiger charge is 2.61. The van der Waals surface area contributed by atoms with E-state index >= 15 is 0 Å². The first-order valence-electron chi connectivity index (χ1n) is 13.9. The van der Waals surface area contributed by atoms with Gasteiger partial charge in [-0.2, -0.15) is 0 Å². The molecule has 1 saturated heterocycles. The molecule has 1 spiro atoms. The number of fused-ring (bicyclic) bond motifs is 2. The van der Waals surface area contributed by atoms with Gasteiger partial charge in [-0.15, -0.1) is 0 Å². The Bertz CT molecular complexity index is 1160. The minimum atomic E-state index is -2.04. The van der Waals surface area contributed by atoms with E-state index in [0.29, 0.717) is 17.9 Å². The molecule has 6 N–H and O–H groups in total. The Balaban J connectivity index is 1.59. The fraction of sp³-hybridized carbons (Fsp3) is 0.516. The fourth-order valence-corrected chi connectivity index (χ4v) is 4.82. The van der Waals surface area contributed by atoms with E-state index in [4.69, 9.17) is 14.2 Å². The molecule has 3 rings (SSSR count). The van der Waals surface area contributed by atoms with Crippen LogP contribution in [0.25, 0.3) is 0 Å². The summed E-state index contributed by atoms with van der Waals surface area (Å²) in [5.41, 5.74) is 1.15. The van der Waals surface area contributed by atoms with E-state index in [2.05, 4.69) is 19.9 Å². The van der Waals surface area contributed by atoms with Gasteiger partial charge >= 0.3 is 5.97 Å². The number of phenolic OH excluding ortho intramolecular Hbond substituents is 2. The van der Waals surface area contributed by atoms with E-state index in [1.165, 1.54) is 12.1 Å². The number of aliphatic hydroxyl groups excluding tert-OH is 4. The first-order valence-corrected chi connectivity index (χ1v) is 13.9. The van der Waals surface area contributed by atoms with E-state index in [0.717, 1.165) is 37.0 Å². The van der Waals surface area contributed by atoms with Gasteiger partial charge in [0, 0.05) is 12.1 Å². The van der Waals surface area contributed by atoms with Gasteiger partial charge in [-0.25, -0.2) is 4.79 Å². The Hall–Kier alpha value is -2.99. The van der Waals surface area contributed by atoms with Crippen LogP contribution in [0.1, 0.15) is 57.6 Å². The molecule has 1 aromatic rings. The maximum absolute atomic E-state index is 12.5. The monoisotopic (exact) mass is 574 g/mol. The van der Waals surface area contributed by atoms with Crippen molar-refractivity contribution in [1.29, 1.82) is 0 Å². The standard InChI is InChI=1S/C31H42O10/c1-4-19(2)11-7-5-8-12-20(3)23(34)13-9-6-10-14-26(36)40-29-28(37)25(17-32)41-31(30(29)38)27-21(18-39-31)15-22(33)16-24(27)35/h5-6,8-10,12,14-16,19,23,25,28-30,32-35,37-38H,4,7,11,13,17-18H2,1-3H3/b8-5-,9-6+,14-10+,20-12-/t19-,23+,25+,28+,29-,30-,31-/m0/s1. The second-order valence-electron chi connectivity index (χ2n) is 10.6. The number of ether oxygens (including phenoxy) is 3. The highest BCUT2D eigenvalue weighted by atomic mass is 16.7. The van der Waals surface area contributed by atoms with Gasteiger partial charge in [0.05, 0.1) is 24.9 Å². The Morgan fingerprint density at radius 3 is 2.66 bits per heavy atom. The molecule has 10 heteroatoms. The molecule has 0 aromatic heterocycles. The summed E-state index contributed by atoms with van der Waals surface area (Å²) in [6.07, 6.45) is 8.32. The largest absolute Gasteiger partial charge is 0.508 e. The molecule has 2 aliphatic rings. The lowest BCUT2D eigenvalue weighted by Gasteiger charge is -2.47. The van der Waals surface area contributed by atoms with Crippen LogP contribution in [0.15, 0.2) is 60.2 Å². The second kappa shape index (κ2) is 14.8. The summed E-state index contributed by atoms with van der Waals surface area (Å²) in [4.78, 5) is 12.5. The van der Waals surface area contributed by atoms with Crippen molar-refractivity contribution in [2.45, 2.75) is 89.4 Å². The summed E-state index contributed by atoms with van der Waals surface area (Å²) in [6, 6.07) is 2.37. The van der Waals surface area contributed by atoms with E-state index in [1.54, 1.807) is 12.2 Å². The molecule has 0 unspecified atom stereocenters. The number of esters is 1. The molecule has 0 bridgehead atoms. The molecule has 2 aliphatic heterocycles. The van der Waals surface area contributed by atoms with Crippen LogP contribution in [0.5, 0.6) is 11.5 Å². The van der Waals surface area contributed by atoms with Crippen molar-refractivity contribution in [1.82, 2.24) is 0 Å². The summed E-state index contributed by atoms with van der Waals surface area (Å²) < 4.78 is 16.7. The maximum Gasteiger partial charge on any atom is 0.331 e. The van der Waals surface area contributed by atoms with Gasteiger partial charge in [0.1, 0.15) is 23.7 Å². The number of allylic oxidation sites excluding steroid dienone is 5. The minimum Gasteiger partial charge on any atom is -0.508 e. The van der Waals surface area contributed by atoms with Gasteiger partial charge in [0.15, 0.2) is 12.2 Å². The second-order valence-corrected chi connectivity index (χ2v) is 10.6. The van der Waals surface area contributed by atoms with E-state index < -0.39 is 54.6 Å². The molecule has 10 nitrogen and oxygen atoms in total. The Labute approximate surface area is 240 Å². The molecule has 1 fully saturated rings. The molecule has 0 amide bonds. The number of carbonyl (C=O) groups excluding carboxylic acids is 1. The first-order chi connectivity index (χ1) is 19.5. The number of phenols is 2. The van der Waals surface area contributed by atoms with Gasteiger partial charge in [0.25, 0.3) is 0 Å². The van der Waals surface area contributed by atoms with Crippen molar-refractivity contribution in [2.75, 3.05) is 6.61 Å². The maximum atomic E-state index is 12.5. The number of aliphatic hydroxyl groups is 4. The van der Waals surface area contributed by atoms with E-state index in [-0.39, 0.29) is 17.9 Å². The van der Waals surface area contributed by atoms with Crippen LogP contribution in [-0.4, -0.2) is 73.7 Å². The molecule has 226 valence electrons. The van der Waals surface area contributed by atoms with Crippen LogP contribution < -0.4 is 0 Å². The highest BCUT2D eigenvalue weighted by molar-refractivity contribution is 5.82. The van der Waals surface area contributed by atoms with Gasteiger partial charge in [-0.3, -0.25) is 0 Å². The van der Waals surface area contributed by atoms with Gasteiger partial charge in [-0.1, -0.05) is 56.7 Å². The lowest BCUT2D eigenvalue weighted by Crippen LogP contribution is -2.64. The molecule has 1 aromatic carbocycles. The van der Waals surface area contributed by atoms with E-state index in [9.17, 15) is 35.4 Å². The fourth-order valence-electron chi connectivity index (χ4n) is 4.82. The van der Waals surface area contributed by atoms with Crippen LogP contribution in [0, 0.1) is 5.92 Å². The van der Waals surface area contributed by atoms with Crippen molar-refractivity contribution >= 4 is 5.97 Å². The average Bonchev–Trinajstić information content (AvgIpc) is 3.31. The number of hydrogen-bond donors (Lipinski definition) is 6. The molecule has 0 radical (unpaired) electrons. The van der Waals surface area contributed by atoms with Crippen molar-refractivity contribution in [3.63, 3.8) is 0 Å². The van der Waals surface area contributed by atoms with Gasteiger partial charge < -0.3 is 44.8 Å². The number of carbonyl (C=O) groups is 1.